The normalized spacial score (nSPS) is 11.1. The maximum Gasteiger partial charge on any atom is 0.178 e. The van der Waals surface area contributed by atoms with Crippen LogP contribution in [0, 0.1) is 11.7 Å². The topological polar surface area (TPSA) is 20.7 Å². The van der Waals surface area contributed by atoms with Gasteiger partial charge >= 0.3 is 0 Å². The molecule has 0 atom stereocenters. The van der Waals surface area contributed by atoms with Crippen molar-refractivity contribution in [1.82, 2.24) is 9.55 Å². The Morgan fingerprint density at radius 3 is 2.65 bits per heavy atom. The van der Waals surface area contributed by atoms with E-state index in [1.807, 2.05) is 0 Å². The van der Waals surface area contributed by atoms with E-state index in [2.05, 4.69) is 65.0 Å². The molecule has 3 aromatic rings. The Bertz CT molecular complexity index is 769. The molecule has 2 aromatic carbocycles. The fraction of sp³-hybridized carbons (Fsp3) is 0.235. The summed E-state index contributed by atoms with van der Waals surface area (Å²) in [6.45, 7) is 3.07. The van der Waals surface area contributed by atoms with E-state index in [4.69, 9.17) is 12.2 Å². The van der Waals surface area contributed by atoms with Gasteiger partial charge in [0.1, 0.15) is 0 Å². The molecule has 0 aliphatic heterocycles. The molecule has 102 valence electrons. The Labute approximate surface area is 124 Å². The van der Waals surface area contributed by atoms with Crippen molar-refractivity contribution in [3.8, 4) is 0 Å². The number of aromatic amines is 1. The molecule has 1 N–H and O–H groups in total. The van der Waals surface area contributed by atoms with Crippen LogP contribution in [0.2, 0.25) is 0 Å². The van der Waals surface area contributed by atoms with Crippen molar-refractivity contribution in [1.29, 1.82) is 0 Å². The Kier molecular flexibility index (Phi) is 3.70. The fourth-order valence-corrected chi connectivity index (χ4v) is 2.92. The maximum atomic E-state index is 5.45. The number of para-hydroxylation sites is 1. The van der Waals surface area contributed by atoms with Crippen LogP contribution < -0.4 is 0 Å². The number of rotatable bonds is 4. The Morgan fingerprint density at radius 1 is 1.05 bits per heavy atom. The minimum atomic E-state index is 0.822. The lowest BCUT2D eigenvalue weighted by Crippen LogP contribution is -1.99. The second-order valence-electron chi connectivity index (χ2n) is 5.14. The second kappa shape index (κ2) is 5.63. The third-order valence-electron chi connectivity index (χ3n) is 3.71. The zero-order chi connectivity index (χ0) is 13.9. The van der Waals surface area contributed by atoms with Gasteiger partial charge in [-0.15, -0.1) is 0 Å². The van der Waals surface area contributed by atoms with E-state index in [-0.39, 0.29) is 0 Å². The van der Waals surface area contributed by atoms with Gasteiger partial charge in [0, 0.05) is 6.54 Å². The first-order chi connectivity index (χ1) is 9.75. The lowest BCUT2D eigenvalue weighted by atomic mass is 10.1. The van der Waals surface area contributed by atoms with Gasteiger partial charge in [0.25, 0.3) is 0 Å². The molecule has 3 rings (SSSR count). The summed E-state index contributed by atoms with van der Waals surface area (Å²) in [5, 5.41) is 0. The van der Waals surface area contributed by atoms with Crippen LogP contribution in [0.25, 0.3) is 11.0 Å². The first kappa shape index (κ1) is 13.1. The van der Waals surface area contributed by atoms with Crippen LogP contribution in [0.3, 0.4) is 0 Å². The van der Waals surface area contributed by atoms with E-state index in [9.17, 15) is 0 Å². The lowest BCUT2D eigenvalue weighted by Gasteiger charge is -2.05. The maximum absolute atomic E-state index is 5.45. The number of nitrogens with zero attached hydrogens (tertiary/aromatic N) is 1. The fourth-order valence-electron chi connectivity index (χ4n) is 2.63. The summed E-state index contributed by atoms with van der Waals surface area (Å²) >= 11 is 5.45. The van der Waals surface area contributed by atoms with Crippen LogP contribution in [0.4, 0.5) is 0 Å². The van der Waals surface area contributed by atoms with Crippen LogP contribution >= 0.6 is 12.2 Å². The zero-order valence-electron chi connectivity index (χ0n) is 11.6. The number of hydrogen-bond donors (Lipinski definition) is 1. The van der Waals surface area contributed by atoms with Crippen molar-refractivity contribution >= 4 is 23.3 Å². The molecule has 2 nitrogen and oxygen atoms in total. The van der Waals surface area contributed by atoms with Crippen LogP contribution in [-0.2, 0) is 13.0 Å². The molecular weight excluding hydrogens is 264 g/mol. The summed E-state index contributed by atoms with van der Waals surface area (Å²) in [4.78, 5) is 3.32. The Balaban J connectivity index is 1.80. The van der Waals surface area contributed by atoms with Crippen LogP contribution in [-0.4, -0.2) is 9.55 Å². The number of fused-ring (bicyclic) bond motifs is 1. The van der Waals surface area contributed by atoms with E-state index in [0.717, 1.165) is 29.7 Å². The summed E-state index contributed by atoms with van der Waals surface area (Å²) in [7, 11) is 0. The summed E-state index contributed by atoms with van der Waals surface area (Å²) < 4.78 is 3.03. The van der Waals surface area contributed by atoms with Gasteiger partial charge in [-0.1, -0.05) is 42.5 Å². The molecule has 20 heavy (non-hydrogen) atoms. The number of hydrogen-bond acceptors (Lipinski definition) is 1. The van der Waals surface area contributed by atoms with Crippen molar-refractivity contribution in [2.45, 2.75) is 26.3 Å². The molecule has 0 aliphatic carbocycles. The molecule has 0 fully saturated rings. The highest BCUT2D eigenvalue weighted by atomic mass is 32.1. The summed E-state index contributed by atoms with van der Waals surface area (Å²) in [5.41, 5.74) is 5.01. The molecule has 0 radical (unpaired) electrons. The van der Waals surface area contributed by atoms with Crippen molar-refractivity contribution < 1.29 is 0 Å². The average Bonchev–Trinajstić information content (AvgIpc) is 2.78. The van der Waals surface area contributed by atoms with E-state index in [1.165, 1.54) is 16.6 Å². The SMILES string of the molecule is Cc1cccc2c1[nH]c(=S)n2CCCc1ccccc1. The number of H-pyrrole nitrogens is 1. The third kappa shape index (κ3) is 2.54. The molecule has 0 saturated carbocycles. The first-order valence-electron chi connectivity index (χ1n) is 6.98. The monoisotopic (exact) mass is 282 g/mol. The summed E-state index contributed by atoms with van der Waals surface area (Å²) in [5.74, 6) is 0. The zero-order valence-corrected chi connectivity index (χ0v) is 12.4. The second-order valence-corrected chi connectivity index (χ2v) is 5.53. The van der Waals surface area contributed by atoms with Gasteiger partial charge < -0.3 is 9.55 Å². The van der Waals surface area contributed by atoms with Gasteiger partial charge in [0.2, 0.25) is 0 Å². The highest BCUT2D eigenvalue weighted by molar-refractivity contribution is 7.71. The van der Waals surface area contributed by atoms with Crippen LogP contribution in [0.15, 0.2) is 48.5 Å². The van der Waals surface area contributed by atoms with Crippen molar-refractivity contribution in [3.63, 3.8) is 0 Å². The molecule has 0 unspecified atom stereocenters. The number of nitrogens with one attached hydrogen (secondary N) is 1. The predicted molar refractivity (Wildman–Crippen MR) is 86.6 cm³/mol. The van der Waals surface area contributed by atoms with E-state index < -0.39 is 0 Å². The minimum Gasteiger partial charge on any atom is -0.330 e. The molecule has 0 saturated heterocycles. The van der Waals surface area contributed by atoms with Crippen molar-refractivity contribution in [2.24, 2.45) is 0 Å². The molecule has 1 aromatic heterocycles. The highest BCUT2D eigenvalue weighted by Gasteiger charge is 2.05. The van der Waals surface area contributed by atoms with Gasteiger partial charge in [0.05, 0.1) is 11.0 Å². The Hall–Kier alpha value is -1.87. The predicted octanol–water partition coefficient (Wildman–Crippen LogP) is 4.64. The number of imidazole rings is 1. The van der Waals surface area contributed by atoms with E-state index in [0.29, 0.717) is 0 Å². The average molecular weight is 282 g/mol. The van der Waals surface area contributed by atoms with Gasteiger partial charge in [-0.2, -0.15) is 0 Å². The summed E-state index contributed by atoms with van der Waals surface area (Å²) in [6.07, 6.45) is 2.18. The smallest absolute Gasteiger partial charge is 0.178 e. The largest absolute Gasteiger partial charge is 0.330 e. The molecule has 0 aliphatic rings. The molecule has 3 heteroatoms. The third-order valence-corrected chi connectivity index (χ3v) is 4.03. The van der Waals surface area contributed by atoms with E-state index in [1.54, 1.807) is 0 Å². The van der Waals surface area contributed by atoms with E-state index >= 15 is 0 Å². The van der Waals surface area contributed by atoms with Gasteiger partial charge in [-0.3, -0.25) is 0 Å². The van der Waals surface area contributed by atoms with Crippen molar-refractivity contribution in [2.75, 3.05) is 0 Å². The van der Waals surface area contributed by atoms with Gasteiger partial charge in [-0.05, 0) is 49.2 Å². The summed E-state index contributed by atoms with van der Waals surface area (Å²) in [6, 6.07) is 16.9. The van der Waals surface area contributed by atoms with Crippen LogP contribution in [0.5, 0.6) is 0 Å². The molecule has 1 heterocycles. The number of benzene rings is 2. The van der Waals surface area contributed by atoms with Crippen LogP contribution in [0.1, 0.15) is 17.5 Å². The highest BCUT2D eigenvalue weighted by Crippen LogP contribution is 2.18. The lowest BCUT2D eigenvalue weighted by molar-refractivity contribution is 0.650. The van der Waals surface area contributed by atoms with Gasteiger partial charge in [0.15, 0.2) is 4.77 Å². The quantitative estimate of drug-likeness (QED) is 0.691. The minimum absolute atomic E-state index is 0.822. The molecule has 0 amide bonds. The van der Waals surface area contributed by atoms with Gasteiger partial charge in [-0.25, -0.2) is 0 Å². The standard InChI is InChI=1S/C17H18N2S/c1-13-7-5-11-15-16(13)18-17(20)19(15)12-6-10-14-8-3-2-4-9-14/h2-5,7-9,11H,6,10,12H2,1H3,(H,18,20). The number of aryl methyl sites for hydroxylation is 3. The Morgan fingerprint density at radius 2 is 1.85 bits per heavy atom. The number of aromatic nitrogens is 2. The van der Waals surface area contributed by atoms with Crippen molar-refractivity contribution in [3.05, 3.63) is 64.4 Å². The molecular formula is C17H18N2S. The first-order valence-corrected chi connectivity index (χ1v) is 7.38. The molecule has 0 bridgehead atoms. The molecule has 0 spiro atoms.